The molecule has 21 heavy (non-hydrogen) atoms. The van der Waals surface area contributed by atoms with Crippen molar-refractivity contribution < 1.29 is 27.1 Å². The predicted octanol–water partition coefficient (Wildman–Crippen LogP) is 2.88. The van der Waals surface area contributed by atoms with Crippen LogP contribution in [0.3, 0.4) is 0 Å². The van der Waals surface area contributed by atoms with Crippen molar-refractivity contribution in [1.29, 1.82) is 0 Å². The molecule has 1 aromatic heterocycles. The summed E-state index contributed by atoms with van der Waals surface area (Å²) in [4.78, 5) is 11.5. The standard InChI is InChI=1S/C13H10F4N2O2/c1-21-12(20)10-6-11(13(15,16)17)18-19(10)7-8-4-2-3-5-9(8)14/h2-6H,7H2,1H3. The number of halogens is 4. The van der Waals surface area contributed by atoms with Crippen molar-refractivity contribution in [2.45, 2.75) is 12.7 Å². The Balaban J connectivity index is 2.44. The van der Waals surface area contributed by atoms with E-state index in [1.54, 1.807) is 0 Å². The molecule has 0 N–H and O–H groups in total. The number of aromatic nitrogens is 2. The molecule has 1 heterocycles. The molecule has 8 heteroatoms. The fraction of sp³-hybridized carbons (Fsp3) is 0.231. The number of hydrogen-bond acceptors (Lipinski definition) is 3. The quantitative estimate of drug-likeness (QED) is 0.647. The third kappa shape index (κ3) is 3.21. The molecule has 0 saturated carbocycles. The van der Waals surface area contributed by atoms with Crippen LogP contribution in [0.5, 0.6) is 0 Å². The average Bonchev–Trinajstić information content (AvgIpc) is 2.84. The summed E-state index contributed by atoms with van der Waals surface area (Å²) in [6.07, 6.45) is -4.71. The summed E-state index contributed by atoms with van der Waals surface area (Å²) in [6.45, 7) is -0.312. The van der Waals surface area contributed by atoms with E-state index in [0.29, 0.717) is 6.07 Å². The summed E-state index contributed by atoms with van der Waals surface area (Å²) in [7, 11) is 1.04. The lowest BCUT2D eigenvalue weighted by molar-refractivity contribution is -0.141. The molecule has 0 atom stereocenters. The minimum atomic E-state index is -4.71. The van der Waals surface area contributed by atoms with Crippen LogP contribution in [0, 0.1) is 5.82 Å². The first-order valence-electron chi connectivity index (χ1n) is 5.79. The van der Waals surface area contributed by atoms with Crippen LogP contribution in [0.1, 0.15) is 21.7 Å². The van der Waals surface area contributed by atoms with Gasteiger partial charge in [0.2, 0.25) is 0 Å². The van der Waals surface area contributed by atoms with Gasteiger partial charge in [0.05, 0.1) is 13.7 Å². The molecule has 112 valence electrons. The van der Waals surface area contributed by atoms with E-state index in [9.17, 15) is 22.4 Å². The van der Waals surface area contributed by atoms with E-state index >= 15 is 0 Å². The van der Waals surface area contributed by atoms with Gasteiger partial charge in [-0.2, -0.15) is 18.3 Å². The molecule has 0 aliphatic rings. The van der Waals surface area contributed by atoms with Crippen molar-refractivity contribution in [1.82, 2.24) is 9.78 Å². The van der Waals surface area contributed by atoms with Crippen molar-refractivity contribution >= 4 is 5.97 Å². The van der Waals surface area contributed by atoms with Crippen molar-refractivity contribution in [3.05, 3.63) is 53.1 Å². The molecule has 2 aromatic rings. The molecule has 0 aliphatic carbocycles. The van der Waals surface area contributed by atoms with E-state index in [1.165, 1.54) is 24.3 Å². The van der Waals surface area contributed by atoms with Crippen LogP contribution in [0.2, 0.25) is 0 Å². The summed E-state index contributed by atoms with van der Waals surface area (Å²) in [5.41, 5.74) is -1.52. The molecule has 0 fully saturated rings. The van der Waals surface area contributed by atoms with Crippen molar-refractivity contribution in [3.8, 4) is 0 Å². The third-order valence-corrected chi connectivity index (χ3v) is 2.74. The molecular formula is C13H10F4N2O2. The number of esters is 1. The molecule has 0 unspecified atom stereocenters. The lowest BCUT2D eigenvalue weighted by atomic mass is 10.2. The lowest BCUT2D eigenvalue weighted by Crippen LogP contribution is -2.14. The Bertz CT molecular complexity index is 664. The van der Waals surface area contributed by atoms with Gasteiger partial charge in [-0.15, -0.1) is 0 Å². The van der Waals surface area contributed by atoms with Gasteiger partial charge in [0.15, 0.2) is 5.69 Å². The van der Waals surface area contributed by atoms with Crippen LogP contribution in [0.4, 0.5) is 17.6 Å². The van der Waals surface area contributed by atoms with Gasteiger partial charge in [-0.05, 0) is 6.07 Å². The summed E-state index contributed by atoms with van der Waals surface area (Å²) in [5, 5.41) is 3.31. The maximum absolute atomic E-state index is 13.6. The van der Waals surface area contributed by atoms with E-state index in [1.807, 2.05) is 0 Å². The maximum atomic E-state index is 13.6. The predicted molar refractivity (Wildman–Crippen MR) is 64.1 cm³/mol. The van der Waals surface area contributed by atoms with E-state index in [-0.39, 0.29) is 12.1 Å². The highest BCUT2D eigenvalue weighted by Crippen LogP contribution is 2.29. The summed E-state index contributed by atoms with van der Waals surface area (Å²) < 4.78 is 56.7. The Labute approximate surface area is 116 Å². The number of ether oxygens (including phenoxy) is 1. The Hall–Kier alpha value is -2.38. The topological polar surface area (TPSA) is 44.1 Å². The van der Waals surface area contributed by atoms with Crippen molar-refractivity contribution in [2.24, 2.45) is 0 Å². The van der Waals surface area contributed by atoms with E-state index in [4.69, 9.17) is 0 Å². The van der Waals surface area contributed by atoms with Crippen LogP contribution in [0.15, 0.2) is 30.3 Å². The van der Waals surface area contributed by atoms with Gasteiger partial charge in [-0.1, -0.05) is 18.2 Å². The Morgan fingerprint density at radius 2 is 2.00 bits per heavy atom. The maximum Gasteiger partial charge on any atom is 0.435 e. The molecule has 0 saturated heterocycles. The fourth-order valence-corrected chi connectivity index (χ4v) is 1.73. The first-order valence-corrected chi connectivity index (χ1v) is 5.79. The smallest absolute Gasteiger partial charge is 0.435 e. The lowest BCUT2D eigenvalue weighted by Gasteiger charge is -2.07. The van der Waals surface area contributed by atoms with Crippen LogP contribution in [0.25, 0.3) is 0 Å². The summed E-state index contributed by atoms with van der Waals surface area (Å²) in [5.74, 6) is -1.58. The molecular weight excluding hydrogens is 292 g/mol. The second-order valence-electron chi connectivity index (χ2n) is 4.15. The zero-order valence-corrected chi connectivity index (χ0v) is 10.8. The number of benzene rings is 1. The normalized spacial score (nSPS) is 11.5. The summed E-state index contributed by atoms with van der Waals surface area (Å²) in [6, 6.07) is 6.12. The van der Waals surface area contributed by atoms with Crippen LogP contribution >= 0.6 is 0 Å². The second-order valence-corrected chi connectivity index (χ2v) is 4.15. The largest absolute Gasteiger partial charge is 0.464 e. The molecule has 4 nitrogen and oxygen atoms in total. The average molecular weight is 302 g/mol. The molecule has 0 bridgehead atoms. The van der Waals surface area contributed by atoms with Gasteiger partial charge in [0, 0.05) is 11.6 Å². The molecule has 0 spiro atoms. The number of carbonyl (C=O) groups is 1. The Morgan fingerprint density at radius 1 is 1.33 bits per heavy atom. The van der Waals surface area contributed by atoms with Gasteiger partial charge in [0.1, 0.15) is 11.5 Å². The number of methoxy groups -OCH3 is 1. The molecule has 0 aliphatic heterocycles. The number of carbonyl (C=O) groups excluding carboxylic acids is 1. The molecule has 1 aromatic carbocycles. The summed E-state index contributed by atoms with van der Waals surface area (Å²) >= 11 is 0. The van der Waals surface area contributed by atoms with Gasteiger partial charge >= 0.3 is 12.1 Å². The van der Waals surface area contributed by atoms with Gasteiger partial charge < -0.3 is 4.74 Å². The minimum Gasteiger partial charge on any atom is -0.464 e. The van der Waals surface area contributed by atoms with Crippen LogP contribution in [-0.2, 0) is 17.5 Å². The first kappa shape index (κ1) is 15.0. The first-order chi connectivity index (χ1) is 9.82. The third-order valence-electron chi connectivity index (χ3n) is 2.74. The highest BCUT2D eigenvalue weighted by Gasteiger charge is 2.36. The fourth-order valence-electron chi connectivity index (χ4n) is 1.73. The monoisotopic (exact) mass is 302 g/mol. The Morgan fingerprint density at radius 3 is 2.57 bits per heavy atom. The van der Waals surface area contributed by atoms with E-state index in [2.05, 4.69) is 9.84 Å². The number of nitrogens with zero attached hydrogens (tertiary/aromatic N) is 2. The number of hydrogen-bond donors (Lipinski definition) is 0. The molecule has 2 rings (SSSR count). The van der Waals surface area contributed by atoms with Gasteiger partial charge in [0.25, 0.3) is 0 Å². The zero-order chi connectivity index (χ0) is 15.6. The zero-order valence-electron chi connectivity index (χ0n) is 10.8. The number of alkyl halides is 3. The highest BCUT2D eigenvalue weighted by atomic mass is 19.4. The second kappa shape index (κ2) is 5.55. The molecule has 0 amide bonds. The van der Waals surface area contributed by atoms with E-state index in [0.717, 1.165) is 11.8 Å². The van der Waals surface area contributed by atoms with E-state index < -0.39 is 29.4 Å². The minimum absolute atomic E-state index is 0.111. The van der Waals surface area contributed by atoms with Crippen LogP contribution < -0.4 is 0 Å². The van der Waals surface area contributed by atoms with Crippen molar-refractivity contribution in [3.63, 3.8) is 0 Å². The van der Waals surface area contributed by atoms with Crippen molar-refractivity contribution in [2.75, 3.05) is 7.11 Å². The number of rotatable bonds is 3. The Kier molecular flexibility index (Phi) is 3.97. The highest BCUT2D eigenvalue weighted by molar-refractivity contribution is 5.87. The van der Waals surface area contributed by atoms with Gasteiger partial charge in [-0.3, -0.25) is 4.68 Å². The SMILES string of the molecule is COC(=O)c1cc(C(F)(F)F)nn1Cc1ccccc1F. The molecule has 0 radical (unpaired) electrons. The van der Waals surface area contributed by atoms with Gasteiger partial charge in [-0.25, -0.2) is 9.18 Å². The van der Waals surface area contributed by atoms with Crippen LogP contribution in [-0.4, -0.2) is 22.9 Å².